The van der Waals surface area contributed by atoms with Crippen molar-refractivity contribution in [1.82, 2.24) is 9.78 Å². The molecule has 0 bridgehead atoms. The Balaban J connectivity index is 2.18. The van der Waals surface area contributed by atoms with Crippen LogP contribution in [0.2, 0.25) is 0 Å². The van der Waals surface area contributed by atoms with Crippen LogP contribution in [0.1, 0.15) is 11.3 Å². The summed E-state index contributed by atoms with van der Waals surface area (Å²) in [7, 11) is -3.92. The monoisotopic (exact) mass is 452 g/mol. The minimum atomic E-state index is -4.88. The van der Waals surface area contributed by atoms with Crippen molar-refractivity contribution in [2.24, 2.45) is 0 Å². The second kappa shape index (κ2) is 7.11. The Morgan fingerprint density at radius 2 is 1.47 bits per heavy atom. The Morgan fingerprint density at radius 1 is 0.867 bits per heavy atom. The molecule has 0 radical (unpaired) electrons. The molecule has 0 aliphatic carbocycles. The highest BCUT2D eigenvalue weighted by atomic mass is 32.2. The van der Waals surface area contributed by atoms with Gasteiger partial charge in [-0.2, -0.15) is 31.4 Å². The van der Waals surface area contributed by atoms with Gasteiger partial charge in [0.2, 0.25) is 0 Å². The third-order valence-electron chi connectivity index (χ3n) is 4.07. The van der Waals surface area contributed by atoms with E-state index in [2.05, 4.69) is 5.10 Å². The highest BCUT2D eigenvalue weighted by Crippen LogP contribution is 2.35. The van der Waals surface area contributed by atoms with E-state index in [1.165, 1.54) is 0 Å². The first kappa shape index (κ1) is 21.8. The summed E-state index contributed by atoms with van der Waals surface area (Å²) in [4.78, 5) is -0.662. The topological polar surface area (TPSA) is 52.0 Å². The van der Waals surface area contributed by atoms with E-state index >= 15 is 0 Å². The molecule has 0 atom stereocenters. The smallest absolute Gasteiger partial charge is 0.232 e. The molecule has 3 aromatic rings. The fourth-order valence-corrected chi connectivity index (χ4v) is 3.40. The van der Waals surface area contributed by atoms with Crippen LogP contribution in [-0.2, 0) is 22.2 Å². The van der Waals surface area contributed by atoms with Crippen LogP contribution in [-0.4, -0.2) is 24.5 Å². The summed E-state index contributed by atoms with van der Waals surface area (Å²) < 4.78 is 116. The fourth-order valence-electron chi connectivity index (χ4n) is 2.67. The first-order valence-corrected chi connectivity index (χ1v) is 9.92. The van der Waals surface area contributed by atoms with Gasteiger partial charge in [0.05, 0.1) is 16.9 Å². The zero-order valence-electron chi connectivity index (χ0n) is 14.9. The molecule has 0 amide bonds. The number of nitrogens with zero attached hydrogens (tertiary/aromatic N) is 2. The second-order valence-corrected chi connectivity index (χ2v) is 8.27. The Morgan fingerprint density at radius 3 is 1.93 bits per heavy atom. The number of aromatic nitrogens is 2. The number of rotatable bonds is 3. The molecule has 1 heterocycles. The third-order valence-corrected chi connectivity index (χ3v) is 5.20. The van der Waals surface area contributed by atoms with Crippen LogP contribution in [0, 0.1) is 5.82 Å². The van der Waals surface area contributed by atoms with E-state index in [0.717, 1.165) is 30.5 Å². The molecule has 4 nitrogen and oxygen atoms in total. The summed E-state index contributed by atoms with van der Waals surface area (Å²) in [6.07, 6.45) is -8.76. The van der Waals surface area contributed by atoms with Gasteiger partial charge in [-0.05, 0) is 30.3 Å². The first-order chi connectivity index (χ1) is 13.7. The van der Waals surface area contributed by atoms with Gasteiger partial charge in [0.25, 0.3) is 0 Å². The maximum absolute atomic E-state index is 14.2. The fraction of sp³-hybridized carbons (Fsp3) is 0.167. The van der Waals surface area contributed by atoms with Gasteiger partial charge in [-0.25, -0.2) is 17.5 Å². The van der Waals surface area contributed by atoms with Crippen molar-refractivity contribution >= 4 is 9.84 Å². The Labute approximate surface area is 165 Å². The first-order valence-electron chi connectivity index (χ1n) is 8.03. The minimum Gasteiger partial charge on any atom is -0.232 e. The molecule has 12 heteroatoms. The quantitative estimate of drug-likeness (QED) is 0.519. The lowest BCUT2D eigenvalue weighted by Crippen LogP contribution is -2.08. The molecule has 160 valence electrons. The van der Waals surface area contributed by atoms with Gasteiger partial charge >= 0.3 is 12.4 Å². The Bertz CT molecular complexity index is 1190. The van der Waals surface area contributed by atoms with Gasteiger partial charge in [-0.3, -0.25) is 0 Å². The standard InChI is InChI=1S/C18H11F7N2O2S/c1-30(28,29)15-7-6-12(8-13(15)19)27-14(9-16(26-27)18(23,24)25)10-2-4-11(5-3-10)17(20,21)22/h2-9H,1H3. The van der Waals surface area contributed by atoms with Crippen LogP contribution in [0.25, 0.3) is 16.9 Å². The summed E-state index contributed by atoms with van der Waals surface area (Å²) in [6, 6.07) is 6.48. The molecule has 1 aromatic heterocycles. The van der Waals surface area contributed by atoms with E-state index in [9.17, 15) is 39.2 Å². The number of sulfone groups is 1. The molecule has 0 saturated heterocycles. The van der Waals surface area contributed by atoms with E-state index in [-0.39, 0.29) is 16.9 Å². The third kappa shape index (κ3) is 4.32. The van der Waals surface area contributed by atoms with Crippen molar-refractivity contribution in [3.05, 3.63) is 65.6 Å². The van der Waals surface area contributed by atoms with Crippen molar-refractivity contribution < 1.29 is 39.2 Å². The maximum atomic E-state index is 14.2. The summed E-state index contributed by atoms with van der Waals surface area (Å²) in [5, 5.41) is 3.39. The Hall–Kier alpha value is -2.89. The molecule has 0 fully saturated rings. The van der Waals surface area contributed by atoms with Crippen molar-refractivity contribution in [3.8, 4) is 16.9 Å². The van der Waals surface area contributed by atoms with E-state index in [4.69, 9.17) is 0 Å². The summed E-state index contributed by atoms with van der Waals surface area (Å²) in [6.45, 7) is 0. The normalized spacial score (nSPS) is 12.9. The number of benzene rings is 2. The zero-order valence-corrected chi connectivity index (χ0v) is 15.7. The molecule has 0 N–H and O–H groups in total. The maximum Gasteiger partial charge on any atom is 0.435 e. The molecule has 3 rings (SSSR count). The average molecular weight is 452 g/mol. The molecule has 0 saturated carbocycles. The summed E-state index contributed by atoms with van der Waals surface area (Å²) in [5.41, 5.74) is -2.91. The number of hydrogen-bond acceptors (Lipinski definition) is 3. The van der Waals surface area contributed by atoms with E-state index in [1.807, 2.05) is 0 Å². The van der Waals surface area contributed by atoms with Crippen LogP contribution in [0.15, 0.2) is 53.4 Å². The molecule has 0 unspecified atom stereocenters. The van der Waals surface area contributed by atoms with Crippen LogP contribution in [0.4, 0.5) is 30.7 Å². The van der Waals surface area contributed by atoms with Crippen molar-refractivity contribution in [1.29, 1.82) is 0 Å². The summed E-state index contributed by atoms with van der Waals surface area (Å²) >= 11 is 0. The van der Waals surface area contributed by atoms with E-state index in [1.54, 1.807) is 0 Å². The predicted octanol–water partition coefficient (Wildman–Crippen LogP) is 5.12. The van der Waals surface area contributed by atoms with Crippen LogP contribution in [0.3, 0.4) is 0 Å². The van der Waals surface area contributed by atoms with Gasteiger partial charge in [0, 0.05) is 17.9 Å². The van der Waals surface area contributed by atoms with Gasteiger partial charge in [0.15, 0.2) is 15.5 Å². The lowest BCUT2D eigenvalue weighted by atomic mass is 10.1. The van der Waals surface area contributed by atoms with Gasteiger partial charge in [-0.15, -0.1) is 0 Å². The highest BCUT2D eigenvalue weighted by molar-refractivity contribution is 7.90. The number of hydrogen-bond donors (Lipinski definition) is 0. The van der Waals surface area contributed by atoms with Gasteiger partial charge in [0.1, 0.15) is 10.7 Å². The molecular weight excluding hydrogens is 441 g/mol. The van der Waals surface area contributed by atoms with Gasteiger partial charge in [-0.1, -0.05) is 12.1 Å². The molecular formula is C18H11F7N2O2S. The van der Waals surface area contributed by atoms with Crippen LogP contribution >= 0.6 is 0 Å². The molecule has 2 aromatic carbocycles. The van der Waals surface area contributed by atoms with Crippen LogP contribution < -0.4 is 0 Å². The average Bonchev–Trinajstić information content (AvgIpc) is 3.05. The predicted molar refractivity (Wildman–Crippen MR) is 92.1 cm³/mol. The van der Waals surface area contributed by atoms with Crippen molar-refractivity contribution in [3.63, 3.8) is 0 Å². The lowest BCUT2D eigenvalue weighted by molar-refractivity contribution is -0.141. The minimum absolute atomic E-state index is 0.0430. The number of alkyl halides is 6. The molecule has 0 spiro atoms. The largest absolute Gasteiger partial charge is 0.435 e. The highest BCUT2D eigenvalue weighted by Gasteiger charge is 2.36. The summed E-state index contributed by atoms with van der Waals surface area (Å²) in [5.74, 6) is -1.21. The van der Waals surface area contributed by atoms with Crippen molar-refractivity contribution in [2.45, 2.75) is 17.2 Å². The lowest BCUT2D eigenvalue weighted by Gasteiger charge is -2.11. The zero-order chi connectivity index (χ0) is 22.5. The molecule has 0 aliphatic rings. The second-order valence-electron chi connectivity index (χ2n) is 6.29. The Kier molecular flexibility index (Phi) is 5.17. The van der Waals surface area contributed by atoms with Crippen molar-refractivity contribution in [2.75, 3.05) is 6.26 Å². The SMILES string of the molecule is CS(=O)(=O)c1ccc(-n2nc(C(F)(F)F)cc2-c2ccc(C(F)(F)F)cc2)cc1F. The molecule has 30 heavy (non-hydrogen) atoms. The number of halogens is 7. The van der Waals surface area contributed by atoms with Crippen LogP contribution in [0.5, 0.6) is 0 Å². The van der Waals surface area contributed by atoms with Gasteiger partial charge < -0.3 is 0 Å². The molecule has 0 aliphatic heterocycles. The van der Waals surface area contributed by atoms with E-state index < -0.39 is 44.2 Å². The van der Waals surface area contributed by atoms with E-state index in [0.29, 0.717) is 28.9 Å².